The lowest BCUT2D eigenvalue weighted by Crippen LogP contribution is -2.23. The molecule has 1 aliphatic rings. The van der Waals surface area contributed by atoms with Crippen LogP contribution in [-0.2, 0) is 6.54 Å². The second kappa shape index (κ2) is 11.0. The van der Waals surface area contributed by atoms with E-state index >= 15 is 0 Å². The SMILES string of the molecule is COc1ccc(Cn2nc(N[C@@H]3CCN(C)C3)c3c(Oc4ccc(Oc5ccccc5)cc4)ccnc32)cc1. The highest BCUT2D eigenvalue weighted by atomic mass is 16.5. The van der Waals surface area contributed by atoms with Gasteiger partial charge >= 0.3 is 0 Å². The summed E-state index contributed by atoms with van der Waals surface area (Å²) in [6.45, 7) is 2.60. The quantitative estimate of drug-likeness (QED) is 0.248. The number of rotatable bonds is 9. The van der Waals surface area contributed by atoms with Crippen LogP contribution in [0.15, 0.2) is 91.1 Å². The van der Waals surface area contributed by atoms with Crippen LogP contribution in [0.3, 0.4) is 0 Å². The lowest BCUT2D eigenvalue weighted by atomic mass is 10.2. The minimum atomic E-state index is 0.310. The van der Waals surface area contributed by atoms with Gasteiger partial charge in [-0.15, -0.1) is 0 Å². The van der Waals surface area contributed by atoms with E-state index in [1.54, 1.807) is 13.3 Å². The Hall–Kier alpha value is -4.56. The third-order valence-electron chi connectivity index (χ3n) is 6.85. The summed E-state index contributed by atoms with van der Waals surface area (Å²) in [5.74, 6) is 4.55. The Morgan fingerprint density at radius 2 is 1.54 bits per heavy atom. The fraction of sp³-hybridized carbons (Fsp3) is 0.226. The number of benzene rings is 3. The van der Waals surface area contributed by atoms with Gasteiger partial charge in [0.05, 0.1) is 13.7 Å². The van der Waals surface area contributed by atoms with Crippen molar-refractivity contribution >= 4 is 16.9 Å². The number of nitrogens with zero attached hydrogens (tertiary/aromatic N) is 4. The van der Waals surface area contributed by atoms with Crippen LogP contribution in [0.25, 0.3) is 11.0 Å². The van der Waals surface area contributed by atoms with Crippen LogP contribution in [0.4, 0.5) is 5.82 Å². The molecule has 5 aromatic rings. The van der Waals surface area contributed by atoms with Crippen molar-refractivity contribution in [2.24, 2.45) is 0 Å². The average molecular weight is 522 g/mol. The van der Waals surface area contributed by atoms with Gasteiger partial charge in [-0.25, -0.2) is 9.67 Å². The number of likely N-dealkylation sites (tertiary alicyclic amines) is 1. The van der Waals surface area contributed by atoms with Crippen LogP contribution in [0.5, 0.6) is 28.7 Å². The Kier molecular flexibility index (Phi) is 7.01. The van der Waals surface area contributed by atoms with E-state index in [9.17, 15) is 0 Å². The van der Waals surface area contributed by atoms with Crippen molar-refractivity contribution in [3.05, 3.63) is 96.7 Å². The standard InChI is InChI=1S/C31H31N5O3/c1-35-19-17-23(21-35)33-30-29-28(39-27-14-12-26(13-15-27)38-25-6-4-3-5-7-25)16-18-32-31(29)36(34-30)20-22-8-10-24(37-2)11-9-22/h3-16,18,23H,17,19-21H2,1-2H3,(H,33,34)/t23-/m1/s1. The molecule has 6 rings (SSSR count). The van der Waals surface area contributed by atoms with E-state index in [0.29, 0.717) is 24.1 Å². The molecule has 0 unspecified atom stereocenters. The van der Waals surface area contributed by atoms with Crippen LogP contribution in [0.2, 0.25) is 0 Å². The van der Waals surface area contributed by atoms with E-state index in [1.807, 2.05) is 89.6 Å². The number of ether oxygens (including phenoxy) is 3. The molecule has 8 heteroatoms. The summed E-state index contributed by atoms with van der Waals surface area (Å²) in [4.78, 5) is 7.03. The Bertz CT molecular complexity index is 1540. The fourth-order valence-corrected chi connectivity index (χ4v) is 4.84. The van der Waals surface area contributed by atoms with Crippen LogP contribution in [0.1, 0.15) is 12.0 Å². The summed E-state index contributed by atoms with van der Waals surface area (Å²) < 4.78 is 19.6. The summed E-state index contributed by atoms with van der Waals surface area (Å²) in [7, 11) is 3.81. The van der Waals surface area contributed by atoms with E-state index < -0.39 is 0 Å². The van der Waals surface area contributed by atoms with Crippen LogP contribution < -0.4 is 19.5 Å². The number of hydrogen-bond donors (Lipinski definition) is 1. The number of nitrogens with one attached hydrogen (secondary N) is 1. The van der Waals surface area contributed by atoms with Gasteiger partial charge < -0.3 is 24.4 Å². The maximum atomic E-state index is 6.40. The predicted octanol–water partition coefficient (Wildman–Crippen LogP) is 6.19. The molecule has 1 fully saturated rings. The first kappa shape index (κ1) is 24.8. The summed E-state index contributed by atoms with van der Waals surface area (Å²) in [6.07, 6.45) is 2.83. The number of para-hydroxylation sites is 1. The van der Waals surface area contributed by atoms with Gasteiger partial charge in [0.1, 0.15) is 34.1 Å². The summed E-state index contributed by atoms with van der Waals surface area (Å²) in [5.41, 5.74) is 1.87. The molecule has 0 spiro atoms. The van der Waals surface area contributed by atoms with Crippen molar-refractivity contribution in [3.63, 3.8) is 0 Å². The lowest BCUT2D eigenvalue weighted by Gasteiger charge is -2.13. The third kappa shape index (κ3) is 5.66. The van der Waals surface area contributed by atoms with Gasteiger partial charge in [0, 0.05) is 24.8 Å². The molecule has 1 aliphatic heterocycles. The Morgan fingerprint density at radius 1 is 0.846 bits per heavy atom. The Morgan fingerprint density at radius 3 is 2.23 bits per heavy atom. The van der Waals surface area contributed by atoms with Crippen molar-refractivity contribution in [1.29, 1.82) is 0 Å². The molecule has 2 aromatic heterocycles. The molecule has 0 radical (unpaired) electrons. The van der Waals surface area contributed by atoms with Crippen molar-refractivity contribution in [2.45, 2.75) is 19.0 Å². The second-order valence-corrected chi connectivity index (χ2v) is 9.74. The van der Waals surface area contributed by atoms with Gasteiger partial charge in [0.25, 0.3) is 0 Å². The van der Waals surface area contributed by atoms with E-state index in [-0.39, 0.29) is 0 Å². The van der Waals surface area contributed by atoms with E-state index in [2.05, 4.69) is 17.3 Å². The first-order chi connectivity index (χ1) is 19.1. The Balaban J connectivity index is 1.30. The molecule has 0 amide bonds. The topological polar surface area (TPSA) is 73.7 Å². The predicted molar refractivity (Wildman–Crippen MR) is 152 cm³/mol. The van der Waals surface area contributed by atoms with E-state index in [0.717, 1.165) is 59.2 Å². The maximum absolute atomic E-state index is 6.40. The van der Waals surface area contributed by atoms with Gasteiger partial charge in [-0.05, 0) is 74.1 Å². The molecule has 8 nitrogen and oxygen atoms in total. The lowest BCUT2D eigenvalue weighted by molar-refractivity contribution is 0.414. The number of hydrogen-bond acceptors (Lipinski definition) is 7. The maximum Gasteiger partial charge on any atom is 0.164 e. The third-order valence-corrected chi connectivity index (χ3v) is 6.85. The van der Waals surface area contributed by atoms with Crippen molar-refractivity contribution in [1.82, 2.24) is 19.7 Å². The van der Waals surface area contributed by atoms with Gasteiger partial charge in [-0.3, -0.25) is 0 Å². The molecular formula is C31H31N5O3. The molecule has 3 heterocycles. The number of methoxy groups -OCH3 is 1. The molecule has 0 bridgehead atoms. The van der Waals surface area contributed by atoms with Crippen LogP contribution >= 0.6 is 0 Å². The normalized spacial score (nSPS) is 15.4. The number of pyridine rings is 1. The van der Waals surface area contributed by atoms with Crippen molar-refractivity contribution in [3.8, 4) is 28.7 Å². The largest absolute Gasteiger partial charge is 0.497 e. The zero-order valence-electron chi connectivity index (χ0n) is 22.1. The van der Waals surface area contributed by atoms with Gasteiger partial charge in [-0.1, -0.05) is 30.3 Å². The second-order valence-electron chi connectivity index (χ2n) is 9.74. The molecule has 39 heavy (non-hydrogen) atoms. The highest BCUT2D eigenvalue weighted by Gasteiger charge is 2.24. The molecule has 0 aliphatic carbocycles. The van der Waals surface area contributed by atoms with Crippen molar-refractivity contribution < 1.29 is 14.2 Å². The summed E-state index contributed by atoms with van der Waals surface area (Å²) >= 11 is 0. The molecule has 3 aromatic carbocycles. The van der Waals surface area contributed by atoms with Crippen LogP contribution in [0, 0.1) is 0 Å². The number of aromatic nitrogens is 3. The number of fused-ring (bicyclic) bond motifs is 1. The van der Waals surface area contributed by atoms with Gasteiger partial charge in [-0.2, -0.15) is 5.10 Å². The zero-order valence-corrected chi connectivity index (χ0v) is 22.1. The molecule has 0 saturated carbocycles. The summed E-state index contributed by atoms with van der Waals surface area (Å²) in [6, 6.07) is 27.6. The molecule has 198 valence electrons. The highest BCUT2D eigenvalue weighted by molar-refractivity contribution is 5.93. The van der Waals surface area contributed by atoms with Crippen molar-refractivity contribution in [2.75, 3.05) is 32.6 Å². The molecular weight excluding hydrogens is 490 g/mol. The molecule has 1 atom stereocenters. The zero-order chi connectivity index (χ0) is 26.6. The fourth-order valence-electron chi connectivity index (χ4n) is 4.84. The first-order valence-corrected chi connectivity index (χ1v) is 13.1. The number of anilines is 1. The smallest absolute Gasteiger partial charge is 0.164 e. The van der Waals surface area contributed by atoms with E-state index in [4.69, 9.17) is 24.3 Å². The Labute approximate surface area is 227 Å². The van der Waals surface area contributed by atoms with Gasteiger partial charge in [0.2, 0.25) is 0 Å². The highest BCUT2D eigenvalue weighted by Crippen LogP contribution is 2.36. The molecule has 1 saturated heterocycles. The average Bonchev–Trinajstić information content (AvgIpc) is 3.54. The first-order valence-electron chi connectivity index (χ1n) is 13.1. The van der Waals surface area contributed by atoms with Gasteiger partial charge in [0.15, 0.2) is 11.5 Å². The van der Waals surface area contributed by atoms with Crippen LogP contribution in [-0.4, -0.2) is 53.0 Å². The monoisotopic (exact) mass is 521 g/mol. The molecule has 1 N–H and O–H groups in total. The number of likely N-dealkylation sites (N-methyl/N-ethyl adjacent to an activating group) is 1. The minimum Gasteiger partial charge on any atom is -0.497 e. The van der Waals surface area contributed by atoms with E-state index in [1.165, 1.54) is 0 Å². The summed E-state index contributed by atoms with van der Waals surface area (Å²) in [5, 5.41) is 9.51. The minimum absolute atomic E-state index is 0.310.